The molecular formula is C24H26N4O2. The van der Waals surface area contributed by atoms with Crippen LogP contribution in [0.25, 0.3) is 0 Å². The highest BCUT2D eigenvalue weighted by atomic mass is 16.5. The maximum Gasteiger partial charge on any atom is 0.318 e. The number of carbonyl (C=O) groups is 1. The number of aromatic nitrogens is 2. The normalized spacial score (nSPS) is 16.0. The maximum absolute atomic E-state index is 13.0. The van der Waals surface area contributed by atoms with Crippen molar-refractivity contribution in [3.05, 3.63) is 89.2 Å². The molecule has 1 aliphatic heterocycles. The van der Waals surface area contributed by atoms with Crippen LogP contribution >= 0.6 is 0 Å². The predicted octanol–water partition coefficient (Wildman–Crippen LogP) is 4.05. The quantitative estimate of drug-likeness (QED) is 0.699. The highest BCUT2D eigenvalue weighted by molar-refractivity contribution is 5.75. The molecule has 0 aliphatic carbocycles. The summed E-state index contributed by atoms with van der Waals surface area (Å²) < 4.78 is 5.95. The Kier molecular flexibility index (Phi) is 5.93. The zero-order valence-electron chi connectivity index (χ0n) is 17.3. The predicted molar refractivity (Wildman–Crippen MR) is 115 cm³/mol. The summed E-state index contributed by atoms with van der Waals surface area (Å²) in [7, 11) is 0. The van der Waals surface area contributed by atoms with E-state index in [0.717, 1.165) is 28.9 Å². The second-order valence-corrected chi connectivity index (χ2v) is 7.61. The van der Waals surface area contributed by atoms with Gasteiger partial charge in [-0.25, -0.2) is 14.8 Å². The van der Waals surface area contributed by atoms with Gasteiger partial charge in [-0.1, -0.05) is 60.7 Å². The van der Waals surface area contributed by atoms with E-state index in [1.165, 1.54) is 0 Å². The summed E-state index contributed by atoms with van der Waals surface area (Å²) in [5.41, 5.74) is 3.85. The zero-order valence-corrected chi connectivity index (χ0v) is 17.3. The summed E-state index contributed by atoms with van der Waals surface area (Å²) >= 11 is 0. The highest BCUT2D eigenvalue weighted by Gasteiger charge is 2.30. The minimum Gasteiger partial charge on any atom is -0.458 e. The van der Waals surface area contributed by atoms with Crippen molar-refractivity contribution in [2.75, 3.05) is 13.1 Å². The Labute approximate surface area is 176 Å². The molecule has 1 fully saturated rings. The number of nitrogens with one attached hydrogen (secondary N) is 1. The van der Waals surface area contributed by atoms with Gasteiger partial charge in [0.2, 0.25) is 0 Å². The van der Waals surface area contributed by atoms with Crippen molar-refractivity contribution < 1.29 is 9.53 Å². The van der Waals surface area contributed by atoms with E-state index in [-0.39, 0.29) is 18.2 Å². The van der Waals surface area contributed by atoms with Gasteiger partial charge < -0.3 is 15.0 Å². The number of likely N-dealkylation sites (tertiary alicyclic amines) is 1. The number of hydrogen-bond donors (Lipinski definition) is 1. The van der Waals surface area contributed by atoms with Crippen molar-refractivity contribution in [1.82, 2.24) is 20.2 Å². The summed E-state index contributed by atoms with van der Waals surface area (Å²) in [4.78, 5) is 23.5. The Balaban J connectivity index is 1.43. The topological polar surface area (TPSA) is 67.3 Å². The molecule has 4 rings (SSSR count). The van der Waals surface area contributed by atoms with E-state index in [2.05, 4.69) is 15.3 Å². The van der Waals surface area contributed by atoms with Gasteiger partial charge in [-0.2, -0.15) is 0 Å². The summed E-state index contributed by atoms with van der Waals surface area (Å²) in [5.74, 6) is 0. The van der Waals surface area contributed by atoms with Crippen LogP contribution in [0.1, 0.15) is 35.0 Å². The molecular weight excluding hydrogens is 376 g/mol. The Hall–Kier alpha value is -3.41. The van der Waals surface area contributed by atoms with Crippen LogP contribution in [0.2, 0.25) is 0 Å². The van der Waals surface area contributed by atoms with E-state index < -0.39 is 0 Å². The summed E-state index contributed by atoms with van der Waals surface area (Å²) in [6.45, 7) is 4.99. The number of carbonyl (C=O) groups excluding carboxylic acids is 1. The molecule has 30 heavy (non-hydrogen) atoms. The van der Waals surface area contributed by atoms with Gasteiger partial charge in [-0.15, -0.1) is 0 Å². The molecule has 1 unspecified atom stereocenters. The van der Waals surface area contributed by atoms with Gasteiger partial charge in [0, 0.05) is 24.4 Å². The van der Waals surface area contributed by atoms with Crippen LogP contribution < -0.4 is 10.1 Å². The number of hydrogen-bond acceptors (Lipinski definition) is 4. The fourth-order valence-electron chi connectivity index (χ4n) is 3.77. The molecule has 1 aromatic heterocycles. The third-order valence-electron chi connectivity index (χ3n) is 5.20. The van der Waals surface area contributed by atoms with Crippen LogP contribution in [0.5, 0.6) is 6.01 Å². The van der Waals surface area contributed by atoms with E-state index in [0.29, 0.717) is 19.1 Å². The van der Waals surface area contributed by atoms with Gasteiger partial charge in [0.15, 0.2) is 0 Å². The lowest BCUT2D eigenvalue weighted by atomic mass is 9.99. The van der Waals surface area contributed by atoms with Crippen molar-refractivity contribution in [3.8, 4) is 6.01 Å². The van der Waals surface area contributed by atoms with Crippen molar-refractivity contribution in [1.29, 1.82) is 0 Å². The third-order valence-corrected chi connectivity index (χ3v) is 5.20. The van der Waals surface area contributed by atoms with Gasteiger partial charge in [0.25, 0.3) is 0 Å². The van der Waals surface area contributed by atoms with Gasteiger partial charge >= 0.3 is 12.0 Å². The molecule has 1 saturated heterocycles. The first-order chi connectivity index (χ1) is 14.6. The lowest BCUT2D eigenvalue weighted by Gasteiger charge is -2.24. The van der Waals surface area contributed by atoms with E-state index >= 15 is 0 Å². The van der Waals surface area contributed by atoms with Crippen LogP contribution in [-0.2, 0) is 0 Å². The molecule has 2 aromatic carbocycles. The van der Waals surface area contributed by atoms with Crippen molar-refractivity contribution in [2.45, 2.75) is 32.4 Å². The van der Waals surface area contributed by atoms with Crippen LogP contribution in [0, 0.1) is 13.8 Å². The van der Waals surface area contributed by atoms with Crippen LogP contribution in [0.15, 0.2) is 66.7 Å². The first-order valence-electron chi connectivity index (χ1n) is 10.2. The summed E-state index contributed by atoms with van der Waals surface area (Å²) in [6, 6.07) is 22.0. The number of nitrogens with zero attached hydrogens (tertiary/aromatic N) is 3. The van der Waals surface area contributed by atoms with E-state index in [4.69, 9.17) is 4.74 Å². The highest BCUT2D eigenvalue weighted by Crippen LogP contribution is 2.23. The van der Waals surface area contributed by atoms with Crippen molar-refractivity contribution >= 4 is 6.03 Å². The molecule has 3 aromatic rings. The minimum atomic E-state index is -0.206. The molecule has 1 atom stereocenters. The molecule has 1 N–H and O–H groups in total. The number of benzene rings is 2. The molecule has 2 heterocycles. The van der Waals surface area contributed by atoms with E-state index in [9.17, 15) is 4.79 Å². The van der Waals surface area contributed by atoms with Gasteiger partial charge in [0.1, 0.15) is 6.10 Å². The van der Waals surface area contributed by atoms with Gasteiger partial charge in [-0.3, -0.25) is 0 Å². The van der Waals surface area contributed by atoms with Crippen molar-refractivity contribution in [2.24, 2.45) is 0 Å². The Morgan fingerprint density at radius 1 is 1.00 bits per heavy atom. The standard InChI is InChI=1S/C24H26N4O2/c1-17-15-18(2)26-23(25-17)30-21-13-14-28(16-21)24(29)27-22(19-9-5-3-6-10-19)20-11-7-4-8-12-20/h3-12,15,21-22H,13-14,16H2,1-2H3,(H,27,29). The average molecular weight is 402 g/mol. The number of ether oxygens (including phenoxy) is 1. The molecule has 6 heteroatoms. The first-order valence-corrected chi connectivity index (χ1v) is 10.2. The molecule has 0 radical (unpaired) electrons. The van der Waals surface area contributed by atoms with Crippen molar-refractivity contribution in [3.63, 3.8) is 0 Å². The Bertz CT molecular complexity index is 935. The number of aryl methyl sites for hydroxylation is 2. The number of rotatable bonds is 5. The largest absolute Gasteiger partial charge is 0.458 e. The number of urea groups is 1. The second-order valence-electron chi connectivity index (χ2n) is 7.61. The Morgan fingerprint density at radius 2 is 1.57 bits per heavy atom. The fraction of sp³-hybridized carbons (Fsp3) is 0.292. The summed E-state index contributed by atoms with van der Waals surface area (Å²) in [6.07, 6.45) is 0.648. The SMILES string of the molecule is Cc1cc(C)nc(OC2CCN(C(=O)NC(c3ccccc3)c3ccccc3)C2)n1. The van der Waals surface area contributed by atoms with Crippen LogP contribution in [-0.4, -0.2) is 40.1 Å². The molecule has 0 saturated carbocycles. The molecule has 154 valence electrons. The molecule has 0 spiro atoms. The second kappa shape index (κ2) is 8.95. The summed E-state index contributed by atoms with van der Waals surface area (Å²) in [5, 5.41) is 3.19. The third kappa shape index (κ3) is 4.76. The average Bonchev–Trinajstić information content (AvgIpc) is 3.21. The first kappa shape index (κ1) is 19.9. The van der Waals surface area contributed by atoms with Crippen LogP contribution in [0.4, 0.5) is 4.79 Å². The zero-order chi connectivity index (χ0) is 20.9. The molecule has 0 bridgehead atoms. The maximum atomic E-state index is 13.0. The lowest BCUT2D eigenvalue weighted by Crippen LogP contribution is -2.41. The van der Waals surface area contributed by atoms with Crippen LogP contribution in [0.3, 0.4) is 0 Å². The minimum absolute atomic E-state index is 0.0971. The van der Waals surface area contributed by atoms with E-state index in [1.54, 1.807) is 4.90 Å². The number of amides is 2. The smallest absolute Gasteiger partial charge is 0.318 e. The van der Waals surface area contributed by atoms with E-state index in [1.807, 2.05) is 80.6 Å². The molecule has 2 amide bonds. The Morgan fingerprint density at radius 3 is 2.13 bits per heavy atom. The lowest BCUT2D eigenvalue weighted by molar-refractivity contribution is 0.177. The monoisotopic (exact) mass is 402 g/mol. The van der Waals surface area contributed by atoms with Gasteiger partial charge in [0.05, 0.1) is 12.6 Å². The molecule has 6 nitrogen and oxygen atoms in total. The van der Waals surface area contributed by atoms with Gasteiger partial charge in [-0.05, 0) is 31.0 Å². The molecule has 1 aliphatic rings. The fourth-order valence-corrected chi connectivity index (χ4v) is 3.77.